The number of nitrogens with two attached hydrogens (primary N) is 2. The van der Waals surface area contributed by atoms with Crippen molar-refractivity contribution in [3.05, 3.63) is 5.69 Å². The van der Waals surface area contributed by atoms with Crippen molar-refractivity contribution in [2.75, 3.05) is 11.5 Å². The molecule has 5 N–H and O–H groups in total. The number of hydrogen-bond acceptors (Lipinski definition) is 4. The fourth-order valence-electron chi connectivity index (χ4n) is 0.785. The van der Waals surface area contributed by atoms with E-state index in [1.807, 2.05) is 0 Å². The fourth-order valence-corrected chi connectivity index (χ4v) is 0.785. The van der Waals surface area contributed by atoms with Gasteiger partial charge in [0.25, 0.3) is 0 Å². The van der Waals surface area contributed by atoms with E-state index in [2.05, 4.69) is 5.10 Å². The smallest absolute Gasteiger partial charge is 0.169 e. The highest BCUT2D eigenvalue weighted by atomic mass is 16.3. The Hall–Kier alpha value is -1.23. The standard InChI is InChI=1S/C5H10N4O/c1-9-3(2-10)4(6)5(7)8-9/h10H,2,6H2,1H3,(H2,7,8). The third-order valence-electron chi connectivity index (χ3n) is 1.38. The number of aryl methyl sites for hydroxylation is 1. The lowest BCUT2D eigenvalue weighted by Crippen LogP contribution is -1.99. The fraction of sp³-hybridized carbons (Fsp3) is 0.400. The van der Waals surface area contributed by atoms with Crippen molar-refractivity contribution in [3.8, 4) is 0 Å². The predicted molar refractivity (Wildman–Crippen MR) is 38.0 cm³/mol. The lowest BCUT2D eigenvalue weighted by atomic mass is 10.4. The zero-order valence-corrected chi connectivity index (χ0v) is 5.70. The first kappa shape index (κ1) is 6.88. The highest BCUT2D eigenvalue weighted by molar-refractivity contribution is 5.61. The Morgan fingerprint density at radius 1 is 1.60 bits per heavy atom. The summed E-state index contributed by atoms with van der Waals surface area (Å²) >= 11 is 0. The Morgan fingerprint density at radius 2 is 2.20 bits per heavy atom. The molecule has 0 unspecified atom stereocenters. The van der Waals surface area contributed by atoms with Gasteiger partial charge in [0.1, 0.15) is 0 Å². The Kier molecular flexibility index (Phi) is 1.50. The number of hydrogen-bond donors (Lipinski definition) is 3. The van der Waals surface area contributed by atoms with Crippen molar-refractivity contribution in [2.24, 2.45) is 7.05 Å². The van der Waals surface area contributed by atoms with E-state index in [1.165, 1.54) is 4.68 Å². The molecule has 5 nitrogen and oxygen atoms in total. The van der Waals surface area contributed by atoms with Crippen LogP contribution in [0.2, 0.25) is 0 Å². The minimum atomic E-state index is -0.132. The van der Waals surface area contributed by atoms with Crippen LogP contribution in [0, 0.1) is 0 Å². The van der Waals surface area contributed by atoms with Gasteiger partial charge in [-0.2, -0.15) is 5.10 Å². The molecule has 5 heteroatoms. The Bertz CT molecular complexity index is 242. The molecule has 0 aliphatic carbocycles. The maximum Gasteiger partial charge on any atom is 0.169 e. The second kappa shape index (κ2) is 2.18. The van der Waals surface area contributed by atoms with Gasteiger partial charge < -0.3 is 16.6 Å². The molecule has 0 bridgehead atoms. The molecular weight excluding hydrogens is 132 g/mol. The van der Waals surface area contributed by atoms with Crippen LogP contribution in [-0.4, -0.2) is 14.9 Å². The molecule has 1 aromatic heterocycles. The predicted octanol–water partition coefficient (Wildman–Crippen LogP) is -0.923. The first-order valence-electron chi connectivity index (χ1n) is 2.84. The summed E-state index contributed by atoms with van der Waals surface area (Å²) in [7, 11) is 1.68. The summed E-state index contributed by atoms with van der Waals surface area (Å²) in [5.74, 6) is 0.270. The molecule has 0 aliphatic heterocycles. The Morgan fingerprint density at radius 3 is 2.40 bits per heavy atom. The van der Waals surface area contributed by atoms with E-state index in [9.17, 15) is 0 Å². The normalized spacial score (nSPS) is 10.2. The largest absolute Gasteiger partial charge is 0.394 e. The number of aromatic nitrogens is 2. The van der Waals surface area contributed by atoms with Gasteiger partial charge in [-0.05, 0) is 0 Å². The molecule has 0 spiro atoms. The maximum absolute atomic E-state index is 8.72. The van der Waals surface area contributed by atoms with E-state index in [1.54, 1.807) is 7.05 Å². The van der Waals surface area contributed by atoms with Gasteiger partial charge in [0.15, 0.2) is 5.82 Å². The molecular formula is C5H10N4O. The minimum Gasteiger partial charge on any atom is -0.394 e. The van der Waals surface area contributed by atoms with E-state index in [4.69, 9.17) is 16.6 Å². The average Bonchev–Trinajstić information content (AvgIpc) is 2.09. The molecule has 56 valence electrons. The zero-order valence-electron chi connectivity index (χ0n) is 5.70. The number of nitrogen functional groups attached to an aromatic ring is 2. The monoisotopic (exact) mass is 142 g/mol. The molecule has 0 radical (unpaired) electrons. The second-order valence-corrected chi connectivity index (χ2v) is 2.03. The molecule has 0 saturated carbocycles. The molecule has 0 saturated heterocycles. The Balaban J connectivity index is 3.20. The molecule has 1 rings (SSSR count). The SMILES string of the molecule is Cn1nc(N)c(N)c1CO. The maximum atomic E-state index is 8.72. The van der Waals surface area contributed by atoms with Crippen molar-refractivity contribution in [1.82, 2.24) is 9.78 Å². The van der Waals surface area contributed by atoms with Crippen LogP contribution in [0.4, 0.5) is 11.5 Å². The first-order chi connectivity index (χ1) is 4.66. The van der Waals surface area contributed by atoms with Crippen LogP contribution in [0.25, 0.3) is 0 Å². The van der Waals surface area contributed by atoms with E-state index in [-0.39, 0.29) is 12.4 Å². The lowest BCUT2D eigenvalue weighted by Gasteiger charge is -1.95. The van der Waals surface area contributed by atoms with Gasteiger partial charge in [0.05, 0.1) is 18.0 Å². The zero-order chi connectivity index (χ0) is 7.72. The van der Waals surface area contributed by atoms with Gasteiger partial charge in [0, 0.05) is 7.05 Å². The van der Waals surface area contributed by atoms with Crippen molar-refractivity contribution >= 4 is 11.5 Å². The van der Waals surface area contributed by atoms with Crippen LogP contribution >= 0.6 is 0 Å². The quantitative estimate of drug-likeness (QED) is 0.473. The molecule has 0 atom stereocenters. The number of aliphatic hydroxyl groups excluding tert-OH is 1. The van der Waals surface area contributed by atoms with E-state index in [0.717, 1.165) is 0 Å². The summed E-state index contributed by atoms with van der Waals surface area (Å²) in [6.07, 6.45) is 0. The molecule has 0 amide bonds. The number of aliphatic hydroxyl groups is 1. The highest BCUT2D eigenvalue weighted by Gasteiger charge is 2.07. The second-order valence-electron chi connectivity index (χ2n) is 2.03. The van der Waals surface area contributed by atoms with Crippen molar-refractivity contribution < 1.29 is 5.11 Å². The minimum absolute atomic E-state index is 0.132. The summed E-state index contributed by atoms with van der Waals surface area (Å²) < 4.78 is 1.46. The van der Waals surface area contributed by atoms with E-state index < -0.39 is 0 Å². The summed E-state index contributed by atoms with van der Waals surface area (Å²) in [4.78, 5) is 0. The highest BCUT2D eigenvalue weighted by Crippen LogP contribution is 2.16. The molecule has 1 aromatic rings. The number of anilines is 2. The van der Waals surface area contributed by atoms with Crippen LogP contribution in [0.1, 0.15) is 5.69 Å². The first-order valence-corrected chi connectivity index (χ1v) is 2.84. The number of nitrogens with zero attached hydrogens (tertiary/aromatic N) is 2. The summed E-state index contributed by atoms with van der Waals surface area (Å²) in [6, 6.07) is 0. The van der Waals surface area contributed by atoms with Gasteiger partial charge in [-0.15, -0.1) is 0 Å². The molecule has 1 heterocycles. The van der Waals surface area contributed by atoms with Gasteiger partial charge in [-0.25, -0.2) is 0 Å². The van der Waals surface area contributed by atoms with Gasteiger partial charge >= 0.3 is 0 Å². The van der Waals surface area contributed by atoms with Crippen molar-refractivity contribution in [3.63, 3.8) is 0 Å². The van der Waals surface area contributed by atoms with Crippen molar-refractivity contribution in [2.45, 2.75) is 6.61 Å². The van der Waals surface area contributed by atoms with Crippen LogP contribution < -0.4 is 11.5 Å². The molecule has 0 aromatic carbocycles. The Labute approximate surface area is 58.2 Å². The van der Waals surface area contributed by atoms with Gasteiger partial charge in [0.2, 0.25) is 0 Å². The van der Waals surface area contributed by atoms with Crippen LogP contribution in [-0.2, 0) is 13.7 Å². The van der Waals surface area contributed by atoms with Crippen molar-refractivity contribution in [1.29, 1.82) is 0 Å². The van der Waals surface area contributed by atoms with E-state index >= 15 is 0 Å². The third-order valence-corrected chi connectivity index (χ3v) is 1.38. The summed E-state index contributed by atoms with van der Waals surface area (Å²) in [5, 5.41) is 12.5. The third kappa shape index (κ3) is 0.801. The van der Waals surface area contributed by atoms with Gasteiger partial charge in [-0.1, -0.05) is 0 Å². The van der Waals surface area contributed by atoms with Gasteiger partial charge in [-0.3, -0.25) is 4.68 Å². The van der Waals surface area contributed by atoms with Crippen LogP contribution in [0.5, 0.6) is 0 Å². The van der Waals surface area contributed by atoms with E-state index in [0.29, 0.717) is 11.4 Å². The lowest BCUT2D eigenvalue weighted by molar-refractivity contribution is 0.271. The number of rotatable bonds is 1. The average molecular weight is 142 g/mol. The van der Waals surface area contributed by atoms with Crippen LogP contribution in [0.15, 0.2) is 0 Å². The summed E-state index contributed by atoms with van der Waals surface area (Å²) in [6.45, 7) is -0.132. The van der Waals surface area contributed by atoms with Crippen LogP contribution in [0.3, 0.4) is 0 Å². The molecule has 10 heavy (non-hydrogen) atoms. The topological polar surface area (TPSA) is 90.1 Å². The molecule has 0 fully saturated rings. The molecule has 0 aliphatic rings. The summed E-state index contributed by atoms with van der Waals surface area (Å²) in [5.41, 5.74) is 11.7.